The molecule has 1 aliphatic heterocycles. The van der Waals surface area contributed by atoms with Crippen molar-refractivity contribution in [3.63, 3.8) is 0 Å². The summed E-state index contributed by atoms with van der Waals surface area (Å²) < 4.78 is 1.99. The van der Waals surface area contributed by atoms with E-state index in [1.807, 2.05) is 33.7 Å². The predicted molar refractivity (Wildman–Crippen MR) is 64.8 cm³/mol. The molecule has 1 atom stereocenters. The van der Waals surface area contributed by atoms with Crippen LogP contribution in [0.5, 0.6) is 0 Å². The second-order valence-corrected chi connectivity index (χ2v) is 5.48. The number of pyridine rings is 1. The van der Waals surface area contributed by atoms with Gasteiger partial charge >= 0.3 is 0 Å². The second-order valence-electron chi connectivity index (χ2n) is 5.48. The van der Waals surface area contributed by atoms with Crippen molar-refractivity contribution in [2.75, 3.05) is 6.54 Å². The van der Waals surface area contributed by atoms with E-state index >= 15 is 0 Å². The largest absolute Gasteiger partial charge is 0.334 e. The van der Waals surface area contributed by atoms with E-state index in [0.29, 0.717) is 5.41 Å². The molecule has 0 radical (unpaired) electrons. The van der Waals surface area contributed by atoms with Gasteiger partial charge < -0.3 is 4.90 Å². The standard InChI is InChI=1S/C13H14N4O/c18-9-16-8-13(4-5-13)7-10(16)12-15-14-11-3-1-2-6-17(11)12/h1-3,6,9-10H,4-5,7-8H2. The molecular weight excluding hydrogens is 228 g/mol. The summed E-state index contributed by atoms with van der Waals surface area (Å²) in [4.78, 5) is 13.1. The fourth-order valence-corrected chi connectivity index (χ4v) is 3.07. The topological polar surface area (TPSA) is 50.5 Å². The summed E-state index contributed by atoms with van der Waals surface area (Å²) in [6.07, 6.45) is 6.43. The van der Waals surface area contributed by atoms with Gasteiger partial charge in [0.25, 0.3) is 0 Å². The number of aromatic nitrogens is 3. The number of nitrogens with zero attached hydrogens (tertiary/aromatic N) is 4. The molecule has 2 aromatic rings. The number of amides is 1. The molecule has 0 N–H and O–H groups in total. The highest BCUT2D eigenvalue weighted by atomic mass is 16.1. The van der Waals surface area contributed by atoms with Crippen LogP contribution in [0.1, 0.15) is 31.1 Å². The summed E-state index contributed by atoms with van der Waals surface area (Å²) in [5, 5.41) is 8.45. The van der Waals surface area contributed by atoms with Gasteiger partial charge in [0.2, 0.25) is 6.41 Å². The van der Waals surface area contributed by atoms with E-state index < -0.39 is 0 Å². The molecule has 0 aromatic carbocycles. The molecule has 1 saturated heterocycles. The normalized spacial score (nSPS) is 24.9. The Hall–Kier alpha value is -1.91. The SMILES string of the molecule is O=CN1CC2(CC2)CC1c1nnc2ccccn12. The molecule has 5 nitrogen and oxygen atoms in total. The molecule has 3 heterocycles. The highest BCUT2D eigenvalue weighted by Gasteiger charge is 2.53. The molecule has 0 bridgehead atoms. The number of likely N-dealkylation sites (tertiary alicyclic amines) is 1. The van der Waals surface area contributed by atoms with Crippen LogP contribution in [0.15, 0.2) is 24.4 Å². The van der Waals surface area contributed by atoms with E-state index in [0.717, 1.165) is 30.8 Å². The van der Waals surface area contributed by atoms with Crippen molar-refractivity contribution >= 4 is 12.1 Å². The van der Waals surface area contributed by atoms with Crippen molar-refractivity contribution in [3.8, 4) is 0 Å². The molecule has 1 saturated carbocycles. The first kappa shape index (κ1) is 10.1. The quantitative estimate of drug-likeness (QED) is 0.748. The molecule has 2 aliphatic rings. The Morgan fingerprint density at radius 1 is 1.33 bits per heavy atom. The fraction of sp³-hybridized carbons (Fsp3) is 0.462. The van der Waals surface area contributed by atoms with E-state index in [-0.39, 0.29) is 6.04 Å². The first-order valence-electron chi connectivity index (χ1n) is 6.32. The number of carbonyl (C=O) groups excluding carboxylic acids is 1. The van der Waals surface area contributed by atoms with E-state index in [1.165, 1.54) is 12.8 Å². The van der Waals surface area contributed by atoms with Crippen molar-refractivity contribution < 1.29 is 4.79 Å². The van der Waals surface area contributed by atoms with Gasteiger partial charge in [0, 0.05) is 12.7 Å². The van der Waals surface area contributed by atoms with E-state index in [1.54, 1.807) is 0 Å². The van der Waals surface area contributed by atoms with Gasteiger partial charge in [0.15, 0.2) is 11.5 Å². The third kappa shape index (κ3) is 1.30. The Bertz CT molecular complexity index is 616. The first-order valence-corrected chi connectivity index (χ1v) is 6.32. The van der Waals surface area contributed by atoms with Crippen LogP contribution in [0, 0.1) is 5.41 Å². The Morgan fingerprint density at radius 2 is 2.22 bits per heavy atom. The average molecular weight is 242 g/mol. The monoisotopic (exact) mass is 242 g/mol. The summed E-state index contributed by atoms with van der Waals surface area (Å²) in [5.74, 6) is 0.890. The molecule has 5 heteroatoms. The lowest BCUT2D eigenvalue weighted by Gasteiger charge is -2.17. The van der Waals surface area contributed by atoms with Gasteiger partial charge in [-0.05, 0) is 36.8 Å². The Labute approximate surface area is 104 Å². The molecule has 2 aromatic heterocycles. The molecule has 1 amide bonds. The maximum Gasteiger partial charge on any atom is 0.210 e. The van der Waals surface area contributed by atoms with Gasteiger partial charge in [0.1, 0.15) is 0 Å². The summed E-state index contributed by atoms with van der Waals surface area (Å²) in [6, 6.07) is 5.93. The molecule has 4 rings (SSSR count). The van der Waals surface area contributed by atoms with Crippen molar-refractivity contribution in [2.24, 2.45) is 5.41 Å². The maximum absolute atomic E-state index is 11.2. The molecule has 1 unspecified atom stereocenters. The maximum atomic E-state index is 11.2. The summed E-state index contributed by atoms with van der Waals surface area (Å²) in [6.45, 7) is 0.878. The van der Waals surface area contributed by atoms with Gasteiger partial charge in [0.05, 0.1) is 6.04 Å². The van der Waals surface area contributed by atoms with E-state index in [2.05, 4.69) is 10.2 Å². The average Bonchev–Trinajstić information content (AvgIpc) is 2.87. The minimum Gasteiger partial charge on any atom is -0.334 e. The van der Waals surface area contributed by atoms with Crippen LogP contribution in [0.3, 0.4) is 0 Å². The molecule has 2 fully saturated rings. The predicted octanol–water partition coefficient (Wildman–Crippen LogP) is 1.41. The highest BCUT2D eigenvalue weighted by molar-refractivity contribution is 5.50. The Balaban J connectivity index is 1.79. The fourth-order valence-electron chi connectivity index (χ4n) is 3.07. The van der Waals surface area contributed by atoms with Gasteiger partial charge in [-0.2, -0.15) is 0 Å². The van der Waals surface area contributed by atoms with E-state index in [9.17, 15) is 4.79 Å². The number of rotatable bonds is 2. The zero-order chi connectivity index (χ0) is 12.2. The number of hydrogen-bond acceptors (Lipinski definition) is 3. The first-order chi connectivity index (χ1) is 8.81. The molecule has 1 spiro atoms. The van der Waals surface area contributed by atoms with Crippen molar-refractivity contribution in [2.45, 2.75) is 25.3 Å². The molecular formula is C13H14N4O. The lowest BCUT2D eigenvalue weighted by Crippen LogP contribution is -2.23. The minimum absolute atomic E-state index is 0.0856. The van der Waals surface area contributed by atoms with Gasteiger partial charge in [-0.25, -0.2) is 0 Å². The summed E-state index contributed by atoms with van der Waals surface area (Å²) >= 11 is 0. The number of fused-ring (bicyclic) bond motifs is 1. The molecule has 18 heavy (non-hydrogen) atoms. The molecule has 1 aliphatic carbocycles. The highest BCUT2D eigenvalue weighted by Crippen LogP contribution is 2.57. The van der Waals surface area contributed by atoms with Gasteiger partial charge in [-0.3, -0.25) is 9.20 Å². The number of hydrogen-bond donors (Lipinski definition) is 0. The van der Waals surface area contributed by atoms with Crippen molar-refractivity contribution in [1.29, 1.82) is 0 Å². The summed E-state index contributed by atoms with van der Waals surface area (Å²) in [5.41, 5.74) is 1.22. The smallest absolute Gasteiger partial charge is 0.210 e. The van der Waals surface area contributed by atoms with E-state index in [4.69, 9.17) is 0 Å². The van der Waals surface area contributed by atoms with Gasteiger partial charge in [-0.15, -0.1) is 10.2 Å². The zero-order valence-corrected chi connectivity index (χ0v) is 9.99. The second kappa shape index (κ2) is 3.31. The van der Waals surface area contributed by atoms with Crippen LogP contribution in [0.4, 0.5) is 0 Å². The van der Waals surface area contributed by atoms with Crippen LogP contribution in [-0.4, -0.2) is 32.5 Å². The lowest BCUT2D eigenvalue weighted by molar-refractivity contribution is -0.119. The third-order valence-electron chi connectivity index (χ3n) is 4.28. The Kier molecular flexibility index (Phi) is 1.85. The van der Waals surface area contributed by atoms with Crippen LogP contribution in [-0.2, 0) is 4.79 Å². The van der Waals surface area contributed by atoms with Crippen LogP contribution in [0.2, 0.25) is 0 Å². The van der Waals surface area contributed by atoms with Crippen molar-refractivity contribution in [1.82, 2.24) is 19.5 Å². The van der Waals surface area contributed by atoms with Crippen LogP contribution < -0.4 is 0 Å². The lowest BCUT2D eigenvalue weighted by atomic mass is 10.0. The third-order valence-corrected chi connectivity index (χ3v) is 4.28. The van der Waals surface area contributed by atoms with Crippen LogP contribution in [0.25, 0.3) is 5.65 Å². The number of carbonyl (C=O) groups is 1. The zero-order valence-electron chi connectivity index (χ0n) is 9.99. The molecule has 92 valence electrons. The minimum atomic E-state index is 0.0856. The van der Waals surface area contributed by atoms with Crippen LogP contribution >= 0.6 is 0 Å². The van der Waals surface area contributed by atoms with Gasteiger partial charge in [-0.1, -0.05) is 6.07 Å². The van der Waals surface area contributed by atoms with Crippen molar-refractivity contribution in [3.05, 3.63) is 30.2 Å². The Morgan fingerprint density at radius 3 is 3.00 bits per heavy atom. The summed E-state index contributed by atoms with van der Waals surface area (Å²) in [7, 11) is 0.